The highest BCUT2D eigenvalue weighted by Crippen LogP contribution is 2.24. The highest BCUT2D eigenvalue weighted by molar-refractivity contribution is 7.92. The van der Waals surface area contributed by atoms with Crippen LogP contribution in [0, 0.1) is 17.0 Å². The monoisotopic (exact) mass is 308 g/mol. The van der Waals surface area contributed by atoms with Crippen LogP contribution in [0.25, 0.3) is 0 Å². The average Bonchev–Trinajstić information content (AvgIpc) is 2.41. The third-order valence-electron chi connectivity index (χ3n) is 2.79. The van der Waals surface area contributed by atoms with E-state index in [4.69, 9.17) is 5.11 Å². The van der Waals surface area contributed by atoms with Gasteiger partial charge in [0.05, 0.1) is 9.82 Å². The van der Waals surface area contributed by atoms with E-state index in [9.17, 15) is 18.5 Å². The summed E-state index contributed by atoms with van der Waals surface area (Å²) in [6, 6.07) is 9.08. The highest BCUT2D eigenvalue weighted by atomic mass is 32.2. The molecule has 2 rings (SSSR count). The van der Waals surface area contributed by atoms with Crippen molar-refractivity contribution in [3.8, 4) is 5.75 Å². The molecule has 0 saturated heterocycles. The number of sulfonamides is 1. The number of benzene rings is 2. The van der Waals surface area contributed by atoms with Gasteiger partial charge in [0, 0.05) is 17.8 Å². The Kier molecular flexibility index (Phi) is 3.81. The number of aryl methyl sites for hydroxylation is 1. The van der Waals surface area contributed by atoms with Gasteiger partial charge in [-0.2, -0.15) is 0 Å². The number of hydrogen-bond acceptors (Lipinski definition) is 5. The molecule has 0 fully saturated rings. The van der Waals surface area contributed by atoms with Crippen molar-refractivity contribution in [3.05, 3.63) is 58.1 Å². The fourth-order valence-corrected chi connectivity index (χ4v) is 3.06. The zero-order valence-electron chi connectivity index (χ0n) is 11.0. The van der Waals surface area contributed by atoms with Crippen LogP contribution in [0.1, 0.15) is 5.56 Å². The zero-order valence-corrected chi connectivity index (χ0v) is 11.8. The van der Waals surface area contributed by atoms with Gasteiger partial charge in [-0.05, 0) is 36.8 Å². The number of nitro benzene ring substituents is 1. The first-order valence-corrected chi connectivity index (χ1v) is 7.35. The van der Waals surface area contributed by atoms with Crippen LogP contribution in [0.15, 0.2) is 47.4 Å². The van der Waals surface area contributed by atoms with E-state index < -0.39 is 14.9 Å². The molecule has 2 aromatic carbocycles. The molecule has 2 aromatic rings. The number of hydrogen-bond donors (Lipinski definition) is 2. The van der Waals surface area contributed by atoms with Crippen LogP contribution in [0.5, 0.6) is 5.75 Å². The smallest absolute Gasteiger partial charge is 0.270 e. The first-order chi connectivity index (χ1) is 9.79. The second kappa shape index (κ2) is 5.41. The van der Waals surface area contributed by atoms with Crippen molar-refractivity contribution >= 4 is 21.4 Å². The number of anilines is 1. The Balaban J connectivity index is 2.41. The zero-order chi connectivity index (χ0) is 15.6. The summed E-state index contributed by atoms with van der Waals surface area (Å²) < 4.78 is 26.9. The Labute approximate surface area is 121 Å². The van der Waals surface area contributed by atoms with Gasteiger partial charge in [-0.1, -0.05) is 6.07 Å². The van der Waals surface area contributed by atoms with Gasteiger partial charge in [0.1, 0.15) is 5.75 Å². The first kappa shape index (κ1) is 14.8. The first-order valence-electron chi connectivity index (χ1n) is 5.86. The normalized spacial score (nSPS) is 11.1. The van der Waals surface area contributed by atoms with Crippen molar-refractivity contribution < 1.29 is 18.4 Å². The largest absolute Gasteiger partial charge is 0.508 e. The van der Waals surface area contributed by atoms with Gasteiger partial charge in [-0.25, -0.2) is 8.42 Å². The van der Waals surface area contributed by atoms with Crippen LogP contribution < -0.4 is 4.72 Å². The highest BCUT2D eigenvalue weighted by Gasteiger charge is 2.20. The summed E-state index contributed by atoms with van der Waals surface area (Å²) in [7, 11) is -3.95. The van der Waals surface area contributed by atoms with Crippen LogP contribution >= 0.6 is 0 Å². The van der Waals surface area contributed by atoms with Crippen LogP contribution in [-0.4, -0.2) is 18.4 Å². The summed E-state index contributed by atoms with van der Waals surface area (Å²) in [6.07, 6.45) is 0. The molecule has 8 heteroatoms. The van der Waals surface area contributed by atoms with E-state index in [1.165, 1.54) is 36.4 Å². The van der Waals surface area contributed by atoms with Gasteiger partial charge in [0.2, 0.25) is 0 Å². The van der Waals surface area contributed by atoms with Gasteiger partial charge >= 0.3 is 0 Å². The molecule has 0 radical (unpaired) electrons. The second-order valence-electron chi connectivity index (χ2n) is 4.36. The van der Waals surface area contributed by atoms with Gasteiger partial charge in [-0.3, -0.25) is 14.8 Å². The minimum atomic E-state index is -3.95. The topological polar surface area (TPSA) is 110 Å². The predicted molar refractivity (Wildman–Crippen MR) is 76.7 cm³/mol. The lowest BCUT2D eigenvalue weighted by atomic mass is 10.2. The molecule has 0 atom stereocenters. The predicted octanol–water partition coefficient (Wildman–Crippen LogP) is 2.41. The number of phenols is 1. The van der Waals surface area contributed by atoms with E-state index in [-0.39, 0.29) is 22.0 Å². The second-order valence-corrected chi connectivity index (χ2v) is 6.01. The van der Waals surface area contributed by atoms with E-state index >= 15 is 0 Å². The van der Waals surface area contributed by atoms with Crippen molar-refractivity contribution in [1.29, 1.82) is 0 Å². The lowest BCUT2D eigenvalue weighted by Gasteiger charge is -2.10. The Bertz CT molecular complexity index is 785. The number of non-ortho nitro benzene ring substituents is 1. The van der Waals surface area contributed by atoms with E-state index in [0.29, 0.717) is 5.56 Å². The fourth-order valence-electron chi connectivity index (χ4n) is 1.73. The van der Waals surface area contributed by atoms with E-state index in [2.05, 4.69) is 4.72 Å². The van der Waals surface area contributed by atoms with Gasteiger partial charge in [0.15, 0.2) is 0 Å². The molecule has 0 amide bonds. The molecule has 0 bridgehead atoms. The van der Waals surface area contributed by atoms with Crippen molar-refractivity contribution in [1.82, 2.24) is 0 Å². The van der Waals surface area contributed by atoms with E-state index in [1.54, 1.807) is 6.92 Å². The van der Waals surface area contributed by atoms with Gasteiger partial charge < -0.3 is 5.11 Å². The van der Waals surface area contributed by atoms with Gasteiger partial charge in [0.25, 0.3) is 15.7 Å². The van der Waals surface area contributed by atoms with Gasteiger partial charge in [-0.15, -0.1) is 0 Å². The summed E-state index contributed by atoms with van der Waals surface area (Å²) in [5.41, 5.74) is 0.345. The van der Waals surface area contributed by atoms with E-state index in [1.807, 2.05) is 0 Å². The molecular weight excluding hydrogens is 296 g/mol. The average molecular weight is 308 g/mol. The van der Waals surface area contributed by atoms with Crippen LogP contribution in [0.3, 0.4) is 0 Å². The number of aromatic hydroxyl groups is 1. The molecule has 21 heavy (non-hydrogen) atoms. The molecule has 0 aliphatic rings. The maximum absolute atomic E-state index is 12.3. The molecule has 0 aromatic heterocycles. The molecule has 110 valence electrons. The quantitative estimate of drug-likeness (QED) is 0.512. The minimum Gasteiger partial charge on any atom is -0.508 e. The Morgan fingerprint density at radius 1 is 1.14 bits per heavy atom. The van der Waals surface area contributed by atoms with Crippen LogP contribution in [0.4, 0.5) is 11.4 Å². The van der Waals surface area contributed by atoms with Crippen molar-refractivity contribution in [3.63, 3.8) is 0 Å². The number of nitro groups is 1. The summed E-state index contributed by atoms with van der Waals surface area (Å²) in [5, 5.41) is 19.9. The third kappa shape index (κ3) is 3.29. The Hall–Kier alpha value is -2.61. The van der Waals surface area contributed by atoms with E-state index in [0.717, 1.165) is 6.07 Å². The molecule has 2 N–H and O–H groups in total. The lowest BCUT2D eigenvalue weighted by Crippen LogP contribution is -2.14. The van der Waals surface area contributed by atoms with Crippen molar-refractivity contribution in [2.24, 2.45) is 0 Å². The Morgan fingerprint density at radius 3 is 2.33 bits per heavy atom. The number of nitrogens with one attached hydrogen (secondary N) is 1. The van der Waals surface area contributed by atoms with Crippen molar-refractivity contribution in [2.75, 3.05) is 4.72 Å². The van der Waals surface area contributed by atoms with Crippen molar-refractivity contribution in [2.45, 2.75) is 11.8 Å². The molecule has 0 aliphatic carbocycles. The third-order valence-corrected chi connectivity index (χ3v) is 4.31. The summed E-state index contributed by atoms with van der Waals surface area (Å²) in [4.78, 5) is 9.93. The summed E-state index contributed by atoms with van der Waals surface area (Å²) >= 11 is 0. The standard InChI is InChI=1S/C13H12N2O5S/c1-9-2-5-11(15(17)18)8-13(9)21(19,20)14-10-3-6-12(16)7-4-10/h2-8,14,16H,1H3. The number of phenolic OH excluding ortho intramolecular Hbond substituents is 1. The molecule has 7 nitrogen and oxygen atoms in total. The SMILES string of the molecule is Cc1ccc([N+](=O)[O-])cc1S(=O)(=O)Nc1ccc(O)cc1. The van der Waals surface area contributed by atoms with Crippen LogP contribution in [-0.2, 0) is 10.0 Å². The molecular formula is C13H12N2O5S. The minimum absolute atomic E-state index is 0.00415. The number of rotatable bonds is 4. The lowest BCUT2D eigenvalue weighted by molar-refractivity contribution is -0.385. The summed E-state index contributed by atoms with van der Waals surface area (Å²) in [5.74, 6) is 0.00415. The fraction of sp³-hybridized carbons (Fsp3) is 0.0769. The van der Waals surface area contributed by atoms with Crippen LogP contribution in [0.2, 0.25) is 0 Å². The maximum atomic E-state index is 12.3. The molecule has 0 heterocycles. The summed E-state index contributed by atoms with van der Waals surface area (Å²) in [6.45, 7) is 1.55. The molecule has 0 aliphatic heterocycles. The maximum Gasteiger partial charge on any atom is 0.270 e. The molecule has 0 unspecified atom stereocenters. The molecule has 0 saturated carbocycles. The molecule has 0 spiro atoms. The number of nitrogens with zero attached hydrogens (tertiary/aromatic N) is 1. The Morgan fingerprint density at radius 2 is 1.76 bits per heavy atom.